The van der Waals surface area contributed by atoms with Crippen molar-refractivity contribution in [1.82, 2.24) is 30.3 Å². The molecule has 0 bridgehead atoms. The molecular formula is C16H30IN7. The minimum Gasteiger partial charge on any atom is -0.355 e. The molecule has 0 unspecified atom stereocenters. The van der Waals surface area contributed by atoms with Crippen LogP contribution >= 0.6 is 24.0 Å². The van der Waals surface area contributed by atoms with Crippen LogP contribution in [-0.2, 0) is 13.6 Å². The number of aromatic nitrogens is 3. The van der Waals surface area contributed by atoms with Crippen molar-refractivity contribution in [1.29, 1.82) is 0 Å². The molecule has 0 saturated carbocycles. The van der Waals surface area contributed by atoms with Gasteiger partial charge in [-0.1, -0.05) is 12.5 Å². The van der Waals surface area contributed by atoms with Crippen LogP contribution in [0, 0.1) is 6.92 Å². The normalized spacial score (nSPS) is 15.7. The van der Waals surface area contributed by atoms with Gasteiger partial charge in [0, 0.05) is 26.7 Å². The fourth-order valence-corrected chi connectivity index (χ4v) is 2.60. The molecule has 0 spiro atoms. The van der Waals surface area contributed by atoms with Crippen molar-refractivity contribution in [2.75, 3.05) is 32.7 Å². The molecular weight excluding hydrogens is 417 g/mol. The standard InChI is InChI=1S/C16H29N7.HI/c1-4-8-17-16(18-9-12-23-10-6-5-7-11-23)19-13-15-21-20-14(2)22(15)3;/h4H,1,5-13H2,2-3H3,(H2,17,18,19);1H. The van der Waals surface area contributed by atoms with Gasteiger partial charge in [-0.2, -0.15) is 0 Å². The third-order valence-corrected chi connectivity index (χ3v) is 4.14. The van der Waals surface area contributed by atoms with Crippen molar-refractivity contribution in [2.24, 2.45) is 12.0 Å². The molecule has 24 heavy (non-hydrogen) atoms. The van der Waals surface area contributed by atoms with Gasteiger partial charge in [0.2, 0.25) is 0 Å². The average molecular weight is 447 g/mol. The Morgan fingerprint density at radius 1 is 1.25 bits per heavy atom. The van der Waals surface area contributed by atoms with Crippen LogP contribution in [0.5, 0.6) is 0 Å². The number of hydrogen-bond acceptors (Lipinski definition) is 4. The number of nitrogens with zero attached hydrogens (tertiary/aromatic N) is 5. The van der Waals surface area contributed by atoms with Gasteiger partial charge in [0.25, 0.3) is 0 Å². The number of aryl methyl sites for hydroxylation is 1. The highest BCUT2D eigenvalue weighted by atomic mass is 127. The highest BCUT2D eigenvalue weighted by molar-refractivity contribution is 14.0. The van der Waals surface area contributed by atoms with Crippen LogP contribution in [0.3, 0.4) is 0 Å². The molecule has 1 aromatic heterocycles. The van der Waals surface area contributed by atoms with Crippen LogP contribution in [0.25, 0.3) is 0 Å². The Morgan fingerprint density at radius 2 is 2.00 bits per heavy atom. The van der Waals surface area contributed by atoms with Crippen molar-refractivity contribution >= 4 is 29.9 Å². The lowest BCUT2D eigenvalue weighted by Crippen LogP contribution is -2.42. The zero-order chi connectivity index (χ0) is 16.5. The molecule has 0 aromatic carbocycles. The van der Waals surface area contributed by atoms with Gasteiger partial charge in [-0.25, -0.2) is 4.99 Å². The summed E-state index contributed by atoms with van der Waals surface area (Å²) in [6, 6.07) is 0. The van der Waals surface area contributed by atoms with E-state index in [2.05, 4.69) is 37.3 Å². The van der Waals surface area contributed by atoms with Crippen molar-refractivity contribution in [3.8, 4) is 0 Å². The molecule has 1 aliphatic rings. The molecule has 0 aliphatic carbocycles. The molecule has 7 nitrogen and oxygen atoms in total. The second kappa shape index (κ2) is 11.4. The van der Waals surface area contributed by atoms with Gasteiger partial charge < -0.3 is 20.1 Å². The Balaban J connectivity index is 0.00000288. The number of hydrogen-bond donors (Lipinski definition) is 2. The second-order valence-electron chi connectivity index (χ2n) is 5.89. The molecule has 2 heterocycles. The van der Waals surface area contributed by atoms with Gasteiger partial charge in [0.15, 0.2) is 11.8 Å². The van der Waals surface area contributed by atoms with Crippen molar-refractivity contribution in [3.63, 3.8) is 0 Å². The van der Waals surface area contributed by atoms with Crippen LogP contribution in [0.15, 0.2) is 17.6 Å². The first kappa shape index (κ1) is 20.9. The minimum atomic E-state index is 0. The van der Waals surface area contributed by atoms with Crippen LogP contribution in [0.2, 0.25) is 0 Å². The van der Waals surface area contributed by atoms with Crippen molar-refractivity contribution in [2.45, 2.75) is 32.7 Å². The summed E-state index contributed by atoms with van der Waals surface area (Å²) in [5.74, 6) is 2.55. The summed E-state index contributed by atoms with van der Waals surface area (Å²) in [6.07, 6.45) is 5.84. The number of nitrogens with one attached hydrogen (secondary N) is 2. The predicted octanol–water partition coefficient (Wildman–Crippen LogP) is 1.45. The van der Waals surface area contributed by atoms with E-state index in [0.717, 1.165) is 30.7 Å². The maximum Gasteiger partial charge on any atom is 0.192 e. The highest BCUT2D eigenvalue weighted by Crippen LogP contribution is 2.07. The topological polar surface area (TPSA) is 70.4 Å². The first-order valence-electron chi connectivity index (χ1n) is 8.41. The average Bonchev–Trinajstić information content (AvgIpc) is 2.89. The van der Waals surface area contributed by atoms with Gasteiger partial charge in [-0.15, -0.1) is 40.8 Å². The van der Waals surface area contributed by atoms with Gasteiger partial charge in [0.1, 0.15) is 12.4 Å². The van der Waals surface area contributed by atoms with Crippen molar-refractivity contribution in [3.05, 3.63) is 24.3 Å². The molecule has 0 radical (unpaired) electrons. The number of halogens is 1. The van der Waals surface area contributed by atoms with Gasteiger partial charge >= 0.3 is 0 Å². The van der Waals surface area contributed by atoms with E-state index >= 15 is 0 Å². The minimum absolute atomic E-state index is 0. The third-order valence-electron chi connectivity index (χ3n) is 4.14. The molecule has 0 atom stereocenters. The van der Waals surface area contributed by atoms with Crippen molar-refractivity contribution < 1.29 is 0 Å². The van der Waals surface area contributed by atoms with Crippen LogP contribution < -0.4 is 10.6 Å². The molecule has 2 N–H and O–H groups in total. The Hall–Kier alpha value is -1.16. The molecule has 2 rings (SSSR count). The van der Waals surface area contributed by atoms with E-state index in [4.69, 9.17) is 0 Å². The maximum atomic E-state index is 4.59. The summed E-state index contributed by atoms with van der Waals surface area (Å²) in [5.41, 5.74) is 0. The highest BCUT2D eigenvalue weighted by Gasteiger charge is 2.09. The first-order valence-corrected chi connectivity index (χ1v) is 8.41. The van der Waals surface area contributed by atoms with E-state index in [0.29, 0.717) is 13.1 Å². The van der Waals surface area contributed by atoms with Crippen LogP contribution in [0.4, 0.5) is 0 Å². The molecule has 8 heteroatoms. The van der Waals surface area contributed by atoms with Gasteiger partial charge in [-0.05, 0) is 32.9 Å². The molecule has 1 fully saturated rings. The monoisotopic (exact) mass is 447 g/mol. The van der Waals surface area contributed by atoms with E-state index in [1.165, 1.54) is 32.4 Å². The zero-order valence-electron chi connectivity index (χ0n) is 14.8. The number of rotatable bonds is 7. The predicted molar refractivity (Wildman–Crippen MR) is 109 cm³/mol. The Kier molecular flexibility index (Phi) is 9.92. The number of guanidine groups is 1. The summed E-state index contributed by atoms with van der Waals surface area (Å²) in [7, 11) is 1.96. The summed E-state index contributed by atoms with van der Waals surface area (Å²) in [5, 5.41) is 14.8. The van der Waals surface area contributed by atoms with E-state index in [1.54, 1.807) is 0 Å². The largest absolute Gasteiger partial charge is 0.355 e. The number of piperidine rings is 1. The summed E-state index contributed by atoms with van der Waals surface area (Å²) in [6.45, 7) is 11.2. The third kappa shape index (κ3) is 6.76. The van der Waals surface area contributed by atoms with Crippen LogP contribution in [0.1, 0.15) is 30.9 Å². The second-order valence-corrected chi connectivity index (χ2v) is 5.89. The fourth-order valence-electron chi connectivity index (χ4n) is 2.60. The SMILES string of the molecule is C=CCNC(=NCc1nnc(C)n1C)NCCN1CCCCC1.I. The lowest BCUT2D eigenvalue weighted by molar-refractivity contribution is 0.232. The van der Waals surface area contributed by atoms with Gasteiger partial charge in [0.05, 0.1) is 0 Å². The van der Waals surface area contributed by atoms with E-state index < -0.39 is 0 Å². The molecule has 136 valence electrons. The van der Waals surface area contributed by atoms with Gasteiger partial charge in [-0.3, -0.25) is 0 Å². The van der Waals surface area contributed by atoms with E-state index in [9.17, 15) is 0 Å². The van der Waals surface area contributed by atoms with E-state index in [-0.39, 0.29) is 24.0 Å². The smallest absolute Gasteiger partial charge is 0.192 e. The Bertz CT molecular complexity index is 520. The molecule has 1 saturated heterocycles. The summed E-state index contributed by atoms with van der Waals surface area (Å²) < 4.78 is 1.96. The molecule has 0 amide bonds. The molecule has 1 aliphatic heterocycles. The first-order chi connectivity index (χ1) is 11.2. The Labute approximate surface area is 162 Å². The summed E-state index contributed by atoms with van der Waals surface area (Å²) >= 11 is 0. The Morgan fingerprint density at radius 3 is 2.62 bits per heavy atom. The van der Waals surface area contributed by atoms with Crippen LogP contribution in [-0.4, -0.2) is 58.3 Å². The lowest BCUT2D eigenvalue weighted by Gasteiger charge is -2.26. The zero-order valence-corrected chi connectivity index (χ0v) is 17.1. The molecule has 1 aromatic rings. The number of likely N-dealkylation sites (tertiary alicyclic amines) is 1. The quantitative estimate of drug-likeness (QED) is 0.287. The summed E-state index contributed by atoms with van der Waals surface area (Å²) in [4.78, 5) is 7.10. The van der Waals surface area contributed by atoms with E-state index in [1.807, 2.05) is 24.6 Å². The number of aliphatic imine (C=N–C) groups is 1. The fraction of sp³-hybridized carbons (Fsp3) is 0.688. The lowest BCUT2D eigenvalue weighted by atomic mass is 10.1. The maximum absolute atomic E-state index is 4.59.